The molecule has 3 rings (SSSR count). The van der Waals surface area contributed by atoms with Gasteiger partial charge < -0.3 is 4.90 Å². The molecular formula is C16H17F3N4O. The Bertz CT molecular complexity index is 724. The average molecular weight is 338 g/mol. The molecule has 24 heavy (non-hydrogen) atoms. The molecule has 1 unspecified atom stereocenters. The number of amides is 1. The lowest BCUT2D eigenvalue weighted by molar-refractivity contribution is -0.169. The molecule has 0 aliphatic carbocycles. The molecule has 0 radical (unpaired) electrons. The van der Waals surface area contributed by atoms with Crippen molar-refractivity contribution in [2.75, 3.05) is 13.1 Å². The first-order valence-electron chi connectivity index (χ1n) is 7.74. The van der Waals surface area contributed by atoms with Crippen LogP contribution in [0.15, 0.2) is 30.6 Å². The van der Waals surface area contributed by atoms with Crippen LogP contribution in [0.4, 0.5) is 13.2 Å². The highest BCUT2D eigenvalue weighted by Crippen LogP contribution is 2.34. The average Bonchev–Trinajstić information content (AvgIpc) is 3.23. The van der Waals surface area contributed by atoms with E-state index < -0.39 is 12.1 Å². The van der Waals surface area contributed by atoms with Gasteiger partial charge in [-0.1, -0.05) is 12.1 Å². The van der Waals surface area contributed by atoms with Crippen LogP contribution in [-0.4, -0.2) is 44.8 Å². The Morgan fingerprint density at radius 1 is 1.29 bits per heavy atom. The van der Waals surface area contributed by atoms with Crippen LogP contribution in [0.25, 0.3) is 11.4 Å². The first-order chi connectivity index (χ1) is 11.4. The maximum absolute atomic E-state index is 12.7. The van der Waals surface area contributed by atoms with E-state index in [4.69, 9.17) is 0 Å². The first kappa shape index (κ1) is 16.5. The third kappa shape index (κ3) is 3.13. The Hall–Kier alpha value is -2.38. The van der Waals surface area contributed by atoms with Crippen LogP contribution in [-0.2, 0) is 6.54 Å². The molecule has 5 nitrogen and oxygen atoms in total. The van der Waals surface area contributed by atoms with Crippen molar-refractivity contribution in [2.45, 2.75) is 26.1 Å². The molecule has 1 amide bonds. The second kappa shape index (κ2) is 6.26. The van der Waals surface area contributed by atoms with E-state index in [1.54, 1.807) is 28.9 Å². The monoisotopic (exact) mass is 338 g/mol. The fraction of sp³-hybridized carbons (Fsp3) is 0.438. The minimum Gasteiger partial charge on any atom is -0.338 e. The maximum atomic E-state index is 12.7. The third-order valence-corrected chi connectivity index (χ3v) is 4.24. The molecule has 1 aliphatic heterocycles. The summed E-state index contributed by atoms with van der Waals surface area (Å²) < 4.78 is 39.9. The fourth-order valence-corrected chi connectivity index (χ4v) is 2.88. The lowest BCUT2D eigenvalue weighted by Crippen LogP contribution is -2.31. The van der Waals surface area contributed by atoms with Gasteiger partial charge in [0, 0.05) is 30.8 Å². The van der Waals surface area contributed by atoms with Gasteiger partial charge in [-0.25, -0.2) is 9.67 Å². The number of likely N-dealkylation sites (tertiary alicyclic amines) is 1. The summed E-state index contributed by atoms with van der Waals surface area (Å²) in [6, 6.07) is 6.71. The summed E-state index contributed by atoms with van der Waals surface area (Å²) in [6.07, 6.45) is -2.82. The predicted octanol–water partition coefficient (Wildman–Crippen LogP) is 2.99. The van der Waals surface area contributed by atoms with Gasteiger partial charge in [-0.05, 0) is 25.5 Å². The van der Waals surface area contributed by atoms with Crippen molar-refractivity contribution in [3.05, 3.63) is 36.2 Å². The topological polar surface area (TPSA) is 51.0 Å². The summed E-state index contributed by atoms with van der Waals surface area (Å²) in [6.45, 7) is 2.48. The summed E-state index contributed by atoms with van der Waals surface area (Å²) in [7, 11) is 0. The standard InChI is InChI=1S/C16H17F3N4O/c1-2-23-14(20-10-21-23)11-3-5-12(6-4-11)15(24)22-8-7-13(9-22)16(17,18)19/h3-6,10,13H,2,7-9H2,1H3. The van der Waals surface area contributed by atoms with Crippen LogP contribution in [0.2, 0.25) is 0 Å². The number of benzene rings is 1. The molecule has 0 N–H and O–H groups in total. The Morgan fingerprint density at radius 2 is 2.00 bits per heavy atom. The zero-order valence-electron chi connectivity index (χ0n) is 13.1. The van der Waals surface area contributed by atoms with Crippen LogP contribution < -0.4 is 0 Å². The number of hydrogen-bond acceptors (Lipinski definition) is 3. The van der Waals surface area contributed by atoms with E-state index >= 15 is 0 Å². The van der Waals surface area contributed by atoms with E-state index in [1.165, 1.54) is 11.2 Å². The quantitative estimate of drug-likeness (QED) is 0.864. The summed E-state index contributed by atoms with van der Waals surface area (Å²) in [5.41, 5.74) is 1.18. The van der Waals surface area contributed by atoms with Gasteiger partial charge in [0.25, 0.3) is 5.91 Å². The van der Waals surface area contributed by atoms with Crippen molar-refractivity contribution >= 4 is 5.91 Å². The molecule has 1 saturated heterocycles. The number of halogens is 3. The molecule has 2 aromatic rings. The fourth-order valence-electron chi connectivity index (χ4n) is 2.88. The largest absolute Gasteiger partial charge is 0.393 e. The summed E-state index contributed by atoms with van der Waals surface area (Å²) in [5.74, 6) is -1.11. The van der Waals surface area contributed by atoms with Crippen LogP contribution in [0.1, 0.15) is 23.7 Å². The van der Waals surface area contributed by atoms with E-state index in [9.17, 15) is 18.0 Å². The van der Waals surface area contributed by atoms with E-state index in [2.05, 4.69) is 10.1 Å². The van der Waals surface area contributed by atoms with Crippen molar-refractivity contribution in [1.82, 2.24) is 19.7 Å². The van der Waals surface area contributed by atoms with E-state index in [0.29, 0.717) is 17.9 Å². The van der Waals surface area contributed by atoms with Gasteiger partial charge in [0.2, 0.25) is 0 Å². The van der Waals surface area contributed by atoms with E-state index in [1.807, 2.05) is 6.92 Å². The van der Waals surface area contributed by atoms with Crippen LogP contribution in [0, 0.1) is 5.92 Å². The van der Waals surface area contributed by atoms with Crippen molar-refractivity contribution in [1.29, 1.82) is 0 Å². The molecule has 128 valence electrons. The first-order valence-corrected chi connectivity index (χ1v) is 7.74. The lowest BCUT2D eigenvalue weighted by atomic mass is 10.1. The maximum Gasteiger partial charge on any atom is 0.393 e. The number of carbonyl (C=O) groups is 1. The lowest BCUT2D eigenvalue weighted by Gasteiger charge is -2.18. The van der Waals surface area contributed by atoms with Gasteiger partial charge in [-0.15, -0.1) is 0 Å². The van der Waals surface area contributed by atoms with Gasteiger partial charge >= 0.3 is 6.18 Å². The number of rotatable bonds is 3. The second-order valence-corrected chi connectivity index (χ2v) is 5.76. The molecule has 0 spiro atoms. The summed E-state index contributed by atoms with van der Waals surface area (Å²) in [5, 5.41) is 4.09. The Labute approximate surface area is 137 Å². The normalized spacial score (nSPS) is 18.2. The summed E-state index contributed by atoms with van der Waals surface area (Å²) >= 11 is 0. The number of nitrogens with zero attached hydrogens (tertiary/aromatic N) is 4. The molecule has 1 aromatic heterocycles. The predicted molar refractivity (Wildman–Crippen MR) is 81.2 cm³/mol. The molecule has 1 aromatic carbocycles. The van der Waals surface area contributed by atoms with Gasteiger partial charge in [-0.3, -0.25) is 4.79 Å². The minimum atomic E-state index is -4.25. The van der Waals surface area contributed by atoms with Gasteiger partial charge in [0.1, 0.15) is 6.33 Å². The SMILES string of the molecule is CCn1ncnc1-c1ccc(C(=O)N2CCC(C(F)(F)F)C2)cc1. The van der Waals surface area contributed by atoms with Crippen molar-refractivity contribution in [3.63, 3.8) is 0 Å². The number of aryl methyl sites for hydroxylation is 1. The van der Waals surface area contributed by atoms with Gasteiger partial charge in [0.15, 0.2) is 5.82 Å². The number of hydrogen-bond donors (Lipinski definition) is 0. The van der Waals surface area contributed by atoms with E-state index in [0.717, 1.165) is 5.56 Å². The highest BCUT2D eigenvalue weighted by Gasteiger charge is 2.44. The van der Waals surface area contributed by atoms with Crippen LogP contribution in [0.5, 0.6) is 0 Å². The molecule has 1 atom stereocenters. The highest BCUT2D eigenvalue weighted by molar-refractivity contribution is 5.94. The number of carbonyl (C=O) groups excluding carboxylic acids is 1. The smallest absolute Gasteiger partial charge is 0.338 e. The Kier molecular flexibility index (Phi) is 4.29. The zero-order chi connectivity index (χ0) is 17.3. The van der Waals surface area contributed by atoms with Crippen LogP contribution >= 0.6 is 0 Å². The molecule has 1 fully saturated rings. The van der Waals surface area contributed by atoms with Gasteiger partial charge in [0.05, 0.1) is 5.92 Å². The summed E-state index contributed by atoms with van der Waals surface area (Å²) in [4.78, 5) is 17.8. The Balaban J connectivity index is 1.73. The van der Waals surface area contributed by atoms with Gasteiger partial charge in [-0.2, -0.15) is 18.3 Å². The highest BCUT2D eigenvalue weighted by atomic mass is 19.4. The minimum absolute atomic E-state index is 0.0348. The molecular weight excluding hydrogens is 321 g/mol. The number of alkyl halides is 3. The molecule has 8 heteroatoms. The Morgan fingerprint density at radius 3 is 2.58 bits per heavy atom. The van der Waals surface area contributed by atoms with E-state index in [-0.39, 0.29) is 25.4 Å². The van der Waals surface area contributed by atoms with Crippen LogP contribution in [0.3, 0.4) is 0 Å². The number of aromatic nitrogens is 3. The molecule has 0 saturated carbocycles. The molecule has 1 aliphatic rings. The molecule has 2 heterocycles. The van der Waals surface area contributed by atoms with Crippen molar-refractivity contribution in [2.24, 2.45) is 5.92 Å². The second-order valence-electron chi connectivity index (χ2n) is 5.76. The molecule has 0 bridgehead atoms. The third-order valence-electron chi connectivity index (χ3n) is 4.24. The van der Waals surface area contributed by atoms with Crippen molar-refractivity contribution < 1.29 is 18.0 Å². The zero-order valence-corrected chi connectivity index (χ0v) is 13.1. The van der Waals surface area contributed by atoms with Crippen molar-refractivity contribution in [3.8, 4) is 11.4 Å².